The van der Waals surface area contributed by atoms with E-state index >= 15 is 0 Å². The Labute approximate surface area is 154 Å². The first-order valence-electron chi connectivity index (χ1n) is 9.90. The summed E-state index contributed by atoms with van der Waals surface area (Å²) in [6, 6.07) is 0. The molecule has 3 nitrogen and oxygen atoms in total. The molecule has 0 saturated heterocycles. The van der Waals surface area contributed by atoms with Gasteiger partial charge < -0.3 is 14.2 Å². The monoisotopic (exact) mass is 360 g/mol. The van der Waals surface area contributed by atoms with Gasteiger partial charge in [-0.15, -0.1) is 11.6 Å². The van der Waals surface area contributed by atoms with Crippen molar-refractivity contribution in [1.82, 2.24) is 0 Å². The molecule has 1 saturated carbocycles. The molecule has 1 fully saturated rings. The molecule has 0 heterocycles. The summed E-state index contributed by atoms with van der Waals surface area (Å²) < 4.78 is 16.6. The highest BCUT2D eigenvalue weighted by Gasteiger charge is 2.06. The smallest absolute Gasteiger partial charge is 0.0701 e. The molecule has 4 heteroatoms. The topological polar surface area (TPSA) is 27.7 Å². The first kappa shape index (κ1) is 22.0. The Hall–Kier alpha value is -0.0900. The first-order chi connectivity index (χ1) is 11.9. The maximum absolute atomic E-state index is 5.63. The molecule has 24 heavy (non-hydrogen) atoms. The van der Waals surface area contributed by atoms with E-state index in [2.05, 4.69) is 6.08 Å². The van der Waals surface area contributed by atoms with Gasteiger partial charge in [-0.05, 0) is 51.4 Å². The Morgan fingerprint density at radius 3 is 1.75 bits per heavy atom. The maximum Gasteiger partial charge on any atom is 0.0701 e. The van der Waals surface area contributed by atoms with E-state index in [1.807, 2.05) is 0 Å². The zero-order valence-electron chi connectivity index (χ0n) is 15.4. The summed E-state index contributed by atoms with van der Waals surface area (Å²) in [5.41, 5.74) is 1.68. The fourth-order valence-corrected chi connectivity index (χ4v) is 2.80. The molecule has 0 aromatic rings. The van der Waals surface area contributed by atoms with Crippen molar-refractivity contribution in [3.63, 3.8) is 0 Å². The Bertz CT molecular complexity index is 289. The fourth-order valence-electron chi connectivity index (χ4n) is 2.61. The van der Waals surface area contributed by atoms with Gasteiger partial charge in [0.2, 0.25) is 0 Å². The van der Waals surface area contributed by atoms with E-state index in [1.54, 1.807) is 5.57 Å². The highest BCUT2D eigenvalue weighted by atomic mass is 35.5. The zero-order chi connectivity index (χ0) is 17.1. The van der Waals surface area contributed by atoms with Crippen molar-refractivity contribution >= 4 is 11.6 Å². The largest absolute Gasteiger partial charge is 0.379 e. The van der Waals surface area contributed by atoms with Gasteiger partial charge in [-0.1, -0.05) is 30.9 Å². The van der Waals surface area contributed by atoms with Gasteiger partial charge in [0.1, 0.15) is 0 Å². The quantitative estimate of drug-likeness (QED) is 0.183. The number of rotatable bonds is 18. The minimum absolute atomic E-state index is 0.666. The van der Waals surface area contributed by atoms with Crippen LogP contribution < -0.4 is 0 Å². The van der Waals surface area contributed by atoms with Crippen LogP contribution in [-0.4, -0.2) is 45.5 Å². The predicted octanol–water partition coefficient (Wildman–Crippen LogP) is 5.51. The number of ether oxygens (including phenoxy) is 3. The molecular weight excluding hydrogens is 324 g/mol. The number of alkyl halides is 1. The summed E-state index contributed by atoms with van der Waals surface area (Å²) in [5, 5.41) is 0. The Kier molecular flexibility index (Phi) is 16.2. The Morgan fingerprint density at radius 1 is 0.667 bits per heavy atom. The molecule has 0 unspecified atom stereocenters. The van der Waals surface area contributed by atoms with Gasteiger partial charge in [0.15, 0.2) is 0 Å². The molecule has 0 bridgehead atoms. The molecule has 0 aromatic heterocycles. The van der Waals surface area contributed by atoms with Gasteiger partial charge in [0, 0.05) is 19.1 Å². The van der Waals surface area contributed by atoms with Gasteiger partial charge in [-0.3, -0.25) is 0 Å². The minimum atomic E-state index is 0.666. The van der Waals surface area contributed by atoms with Crippen molar-refractivity contribution < 1.29 is 14.2 Å². The fraction of sp³-hybridized carbons (Fsp3) is 0.900. The van der Waals surface area contributed by atoms with Gasteiger partial charge in [-0.2, -0.15) is 0 Å². The summed E-state index contributed by atoms with van der Waals surface area (Å²) >= 11 is 5.63. The average molecular weight is 361 g/mol. The Morgan fingerprint density at radius 2 is 1.21 bits per heavy atom. The third-order valence-corrected chi connectivity index (χ3v) is 4.61. The molecule has 0 amide bonds. The van der Waals surface area contributed by atoms with E-state index in [0.717, 1.165) is 38.4 Å². The van der Waals surface area contributed by atoms with Crippen LogP contribution >= 0.6 is 11.6 Å². The van der Waals surface area contributed by atoms with Crippen molar-refractivity contribution in [2.75, 3.05) is 45.5 Å². The van der Waals surface area contributed by atoms with Crippen molar-refractivity contribution in [1.29, 1.82) is 0 Å². The lowest BCUT2D eigenvalue weighted by atomic mass is 9.91. The minimum Gasteiger partial charge on any atom is -0.379 e. The molecule has 1 aliphatic carbocycles. The molecule has 0 aromatic carbocycles. The Balaban J connectivity index is 1.63. The highest BCUT2D eigenvalue weighted by Crippen LogP contribution is 2.25. The van der Waals surface area contributed by atoms with Crippen LogP contribution in [-0.2, 0) is 14.2 Å². The van der Waals surface area contributed by atoms with E-state index in [0.29, 0.717) is 26.4 Å². The molecule has 0 N–H and O–H groups in total. The molecule has 0 spiro atoms. The van der Waals surface area contributed by atoms with Gasteiger partial charge in [0.05, 0.1) is 26.4 Å². The van der Waals surface area contributed by atoms with Gasteiger partial charge >= 0.3 is 0 Å². The highest BCUT2D eigenvalue weighted by molar-refractivity contribution is 6.17. The van der Waals surface area contributed by atoms with Gasteiger partial charge in [-0.25, -0.2) is 0 Å². The summed E-state index contributed by atoms with van der Waals surface area (Å²) in [4.78, 5) is 0. The van der Waals surface area contributed by atoms with E-state index in [1.165, 1.54) is 51.4 Å². The van der Waals surface area contributed by atoms with Crippen LogP contribution in [0.3, 0.4) is 0 Å². The van der Waals surface area contributed by atoms with E-state index < -0.39 is 0 Å². The molecule has 0 atom stereocenters. The van der Waals surface area contributed by atoms with E-state index in [-0.39, 0.29) is 0 Å². The van der Waals surface area contributed by atoms with Crippen molar-refractivity contribution in [2.45, 2.75) is 70.6 Å². The van der Waals surface area contributed by atoms with Gasteiger partial charge in [0.25, 0.3) is 0 Å². The molecule has 0 aliphatic heterocycles. The van der Waals surface area contributed by atoms with Crippen molar-refractivity contribution in [3.05, 3.63) is 11.6 Å². The van der Waals surface area contributed by atoms with Crippen LogP contribution in [0.2, 0.25) is 0 Å². The van der Waals surface area contributed by atoms with Crippen LogP contribution in [0.5, 0.6) is 0 Å². The third-order valence-electron chi connectivity index (χ3n) is 4.34. The van der Waals surface area contributed by atoms with Crippen molar-refractivity contribution in [2.24, 2.45) is 0 Å². The zero-order valence-corrected chi connectivity index (χ0v) is 16.2. The summed E-state index contributed by atoms with van der Waals surface area (Å²) in [6.07, 6.45) is 16.2. The number of hydrogen-bond donors (Lipinski definition) is 0. The standard InChI is InChI=1S/C20H37ClO3/c21-13-6-2-4-8-15-23-17-19-24-18-16-22-14-7-3-1-5-10-20-11-9-12-20/h10H,1-9,11-19H2. The van der Waals surface area contributed by atoms with E-state index in [9.17, 15) is 0 Å². The number of allylic oxidation sites excluding steroid dienone is 2. The SMILES string of the molecule is ClCCCCCCOCCOCCOCCCCCC=C1CCC1. The normalized spacial score (nSPS) is 14.0. The number of hydrogen-bond acceptors (Lipinski definition) is 3. The van der Waals surface area contributed by atoms with Crippen molar-refractivity contribution in [3.8, 4) is 0 Å². The van der Waals surface area contributed by atoms with Crippen LogP contribution in [0.15, 0.2) is 11.6 Å². The molecule has 1 rings (SSSR count). The van der Waals surface area contributed by atoms with Crippen LogP contribution in [0, 0.1) is 0 Å². The lowest BCUT2D eigenvalue weighted by Gasteiger charge is -2.15. The molecular formula is C20H37ClO3. The lowest BCUT2D eigenvalue weighted by molar-refractivity contribution is 0.0132. The molecule has 1 aliphatic rings. The second-order valence-corrected chi connectivity index (χ2v) is 6.88. The van der Waals surface area contributed by atoms with Crippen LogP contribution in [0.1, 0.15) is 70.6 Å². The van der Waals surface area contributed by atoms with Crippen LogP contribution in [0.25, 0.3) is 0 Å². The second kappa shape index (κ2) is 17.7. The summed E-state index contributed by atoms with van der Waals surface area (Å²) in [7, 11) is 0. The summed E-state index contributed by atoms with van der Waals surface area (Å²) in [5.74, 6) is 0.773. The summed E-state index contributed by atoms with van der Waals surface area (Å²) in [6.45, 7) is 4.41. The average Bonchev–Trinajstić information content (AvgIpc) is 2.55. The molecule has 0 radical (unpaired) electrons. The number of unbranched alkanes of at least 4 members (excludes halogenated alkanes) is 6. The number of halogens is 1. The first-order valence-corrected chi connectivity index (χ1v) is 10.4. The van der Waals surface area contributed by atoms with E-state index in [4.69, 9.17) is 25.8 Å². The third kappa shape index (κ3) is 14.3. The van der Waals surface area contributed by atoms with Crippen LogP contribution in [0.4, 0.5) is 0 Å². The second-order valence-electron chi connectivity index (χ2n) is 6.51. The lowest BCUT2D eigenvalue weighted by Crippen LogP contribution is -2.10. The molecule has 142 valence electrons. The predicted molar refractivity (Wildman–Crippen MR) is 102 cm³/mol. The maximum atomic E-state index is 5.63.